The molecule has 0 atom stereocenters. The summed E-state index contributed by atoms with van der Waals surface area (Å²) in [5.41, 5.74) is 2.47. The lowest BCUT2D eigenvalue weighted by Crippen LogP contribution is -2.29. The average molecular weight is 430 g/mol. The van der Waals surface area contributed by atoms with Gasteiger partial charge in [0, 0.05) is 18.7 Å². The molecule has 0 unspecified atom stereocenters. The number of carbonyl (C=O) groups excluding carboxylic acids is 1. The Kier molecular flexibility index (Phi) is 4.78. The number of anilines is 1. The maximum atomic E-state index is 13.2. The van der Waals surface area contributed by atoms with Crippen LogP contribution in [0.5, 0.6) is 11.5 Å². The standard InChI is InChI=1S/C20H20BrN3O3/c1-3-10-27-18-14(21)11-13(12-17(18)26-2)19(25)24-9-8-23-16-7-5-4-6-15(16)22-20(23)24/h4-7,11-12H,3,8-10H2,1-2H3. The van der Waals surface area contributed by atoms with E-state index in [1.165, 1.54) is 0 Å². The molecule has 0 N–H and O–H groups in total. The number of ether oxygens (including phenoxy) is 2. The number of para-hydroxylation sites is 2. The van der Waals surface area contributed by atoms with E-state index in [0.29, 0.717) is 40.6 Å². The molecule has 1 amide bonds. The third-order valence-corrected chi connectivity index (χ3v) is 5.18. The quantitative estimate of drug-likeness (QED) is 0.607. The van der Waals surface area contributed by atoms with Crippen LogP contribution in [0.15, 0.2) is 40.9 Å². The molecule has 0 fully saturated rings. The highest BCUT2D eigenvalue weighted by Crippen LogP contribution is 2.38. The molecule has 6 nitrogen and oxygen atoms in total. The van der Waals surface area contributed by atoms with E-state index in [-0.39, 0.29) is 5.91 Å². The number of imidazole rings is 1. The van der Waals surface area contributed by atoms with Gasteiger partial charge in [-0.1, -0.05) is 19.1 Å². The van der Waals surface area contributed by atoms with Crippen molar-refractivity contribution in [1.29, 1.82) is 0 Å². The Morgan fingerprint density at radius 1 is 1.26 bits per heavy atom. The second kappa shape index (κ2) is 7.23. The van der Waals surface area contributed by atoms with Gasteiger partial charge in [0.1, 0.15) is 0 Å². The van der Waals surface area contributed by atoms with Gasteiger partial charge in [0.2, 0.25) is 5.95 Å². The molecule has 0 saturated heterocycles. The first-order valence-corrected chi connectivity index (χ1v) is 9.70. The zero-order valence-electron chi connectivity index (χ0n) is 15.2. The van der Waals surface area contributed by atoms with E-state index in [4.69, 9.17) is 9.47 Å². The van der Waals surface area contributed by atoms with Crippen molar-refractivity contribution in [2.75, 3.05) is 25.2 Å². The molecule has 2 heterocycles. The molecule has 1 aliphatic heterocycles. The van der Waals surface area contributed by atoms with Crippen LogP contribution in [0.25, 0.3) is 11.0 Å². The number of fused-ring (bicyclic) bond motifs is 3. The summed E-state index contributed by atoms with van der Waals surface area (Å²) in [6, 6.07) is 11.4. The summed E-state index contributed by atoms with van der Waals surface area (Å²) >= 11 is 3.51. The van der Waals surface area contributed by atoms with E-state index < -0.39 is 0 Å². The van der Waals surface area contributed by atoms with Crippen LogP contribution in [0.3, 0.4) is 0 Å². The molecule has 2 aromatic carbocycles. The summed E-state index contributed by atoms with van der Waals surface area (Å²) in [6.07, 6.45) is 0.889. The van der Waals surface area contributed by atoms with E-state index in [1.54, 1.807) is 24.1 Å². The topological polar surface area (TPSA) is 56.6 Å². The fourth-order valence-electron chi connectivity index (χ4n) is 3.33. The third kappa shape index (κ3) is 3.06. The molecule has 3 aromatic rings. The first kappa shape index (κ1) is 17.9. The highest BCUT2D eigenvalue weighted by atomic mass is 79.9. The van der Waals surface area contributed by atoms with Gasteiger partial charge < -0.3 is 14.0 Å². The predicted molar refractivity (Wildman–Crippen MR) is 108 cm³/mol. The number of amides is 1. The van der Waals surface area contributed by atoms with Crippen molar-refractivity contribution in [2.45, 2.75) is 19.9 Å². The van der Waals surface area contributed by atoms with E-state index >= 15 is 0 Å². The van der Waals surface area contributed by atoms with Gasteiger partial charge in [-0.05, 0) is 46.6 Å². The van der Waals surface area contributed by atoms with Gasteiger partial charge in [0.15, 0.2) is 11.5 Å². The molecule has 0 spiro atoms. The van der Waals surface area contributed by atoms with Gasteiger partial charge in [0.05, 0.1) is 29.2 Å². The van der Waals surface area contributed by atoms with Crippen LogP contribution in [-0.4, -0.2) is 35.7 Å². The third-order valence-electron chi connectivity index (χ3n) is 4.60. The number of carbonyl (C=O) groups is 1. The highest BCUT2D eigenvalue weighted by molar-refractivity contribution is 9.10. The second-order valence-corrected chi connectivity index (χ2v) is 7.20. The largest absolute Gasteiger partial charge is 0.493 e. The Bertz CT molecular complexity index is 1020. The maximum absolute atomic E-state index is 13.2. The Hall–Kier alpha value is -2.54. The highest BCUT2D eigenvalue weighted by Gasteiger charge is 2.30. The number of nitrogens with zero attached hydrogens (tertiary/aromatic N) is 3. The van der Waals surface area contributed by atoms with Crippen LogP contribution in [0.1, 0.15) is 23.7 Å². The zero-order chi connectivity index (χ0) is 19.0. The number of hydrogen-bond acceptors (Lipinski definition) is 4. The fraction of sp³-hybridized carbons (Fsp3) is 0.300. The number of aromatic nitrogens is 2. The molecular weight excluding hydrogens is 410 g/mol. The molecule has 27 heavy (non-hydrogen) atoms. The van der Waals surface area contributed by atoms with Crippen LogP contribution in [-0.2, 0) is 6.54 Å². The summed E-state index contributed by atoms with van der Waals surface area (Å²) in [6.45, 7) is 3.95. The average Bonchev–Trinajstić information content (AvgIpc) is 3.25. The maximum Gasteiger partial charge on any atom is 0.260 e. The van der Waals surface area contributed by atoms with E-state index in [9.17, 15) is 4.79 Å². The lowest BCUT2D eigenvalue weighted by Gasteiger charge is -2.17. The zero-order valence-corrected chi connectivity index (χ0v) is 16.8. The summed E-state index contributed by atoms with van der Waals surface area (Å²) < 4.78 is 14.0. The van der Waals surface area contributed by atoms with Crippen LogP contribution in [0, 0.1) is 0 Å². The van der Waals surface area contributed by atoms with Crippen molar-refractivity contribution in [3.05, 3.63) is 46.4 Å². The SMILES string of the molecule is CCCOc1c(Br)cc(C(=O)N2CCn3c2nc2ccccc23)cc1OC. The van der Waals surface area contributed by atoms with E-state index in [0.717, 1.165) is 24.0 Å². The molecule has 140 valence electrons. The molecule has 1 aromatic heterocycles. The van der Waals surface area contributed by atoms with Crippen molar-refractivity contribution < 1.29 is 14.3 Å². The minimum absolute atomic E-state index is 0.106. The molecule has 0 aliphatic carbocycles. The normalized spacial score (nSPS) is 13.1. The molecule has 0 radical (unpaired) electrons. The molecule has 0 bridgehead atoms. The summed E-state index contributed by atoms with van der Waals surface area (Å²) in [7, 11) is 1.57. The first-order valence-electron chi connectivity index (χ1n) is 8.91. The van der Waals surface area contributed by atoms with Crippen LogP contribution < -0.4 is 14.4 Å². The monoisotopic (exact) mass is 429 g/mol. The number of methoxy groups -OCH3 is 1. The van der Waals surface area contributed by atoms with Gasteiger partial charge in [0.25, 0.3) is 5.91 Å². The van der Waals surface area contributed by atoms with Crippen LogP contribution in [0.2, 0.25) is 0 Å². The van der Waals surface area contributed by atoms with Crippen molar-refractivity contribution in [3.63, 3.8) is 0 Å². The predicted octanol–water partition coefficient (Wildman–Crippen LogP) is 4.26. The molecule has 1 aliphatic rings. The fourth-order valence-corrected chi connectivity index (χ4v) is 3.88. The van der Waals surface area contributed by atoms with E-state index in [2.05, 4.69) is 25.5 Å². The van der Waals surface area contributed by atoms with Crippen molar-refractivity contribution in [2.24, 2.45) is 0 Å². The van der Waals surface area contributed by atoms with Gasteiger partial charge in [-0.15, -0.1) is 0 Å². The minimum Gasteiger partial charge on any atom is -0.493 e. The summed E-state index contributed by atoms with van der Waals surface area (Å²) in [5, 5.41) is 0. The van der Waals surface area contributed by atoms with Gasteiger partial charge >= 0.3 is 0 Å². The minimum atomic E-state index is -0.106. The smallest absolute Gasteiger partial charge is 0.260 e. The van der Waals surface area contributed by atoms with Gasteiger partial charge in [-0.3, -0.25) is 9.69 Å². The van der Waals surface area contributed by atoms with Crippen molar-refractivity contribution in [1.82, 2.24) is 9.55 Å². The van der Waals surface area contributed by atoms with Crippen LogP contribution >= 0.6 is 15.9 Å². The lowest BCUT2D eigenvalue weighted by atomic mass is 10.1. The van der Waals surface area contributed by atoms with Crippen molar-refractivity contribution >= 4 is 38.8 Å². The first-order chi connectivity index (χ1) is 13.1. The molecular formula is C20H20BrN3O3. The molecule has 4 rings (SSSR count). The lowest BCUT2D eigenvalue weighted by molar-refractivity contribution is 0.0988. The number of halogens is 1. The Balaban J connectivity index is 1.69. The van der Waals surface area contributed by atoms with Gasteiger partial charge in [-0.25, -0.2) is 4.98 Å². The van der Waals surface area contributed by atoms with Crippen molar-refractivity contribution in [3.8, 4) is 11.5 Å². The van der Waals surface area contributed by atoms with E-state index in [1.807, 2.05) is 31.2 Å². The van der Waals surface area contributed by atoms with Gasteiger partial charge in [-0.2, -0.15) is 0 Å². The molecule has 7 heteroatoms. The Morgan fingerprint density at radius 2 is 2.07 bits per heavy atom. The number of hydrogen-bond donors (Lipinski definition) is 0. The number of benzene rings is 2. The number of rotatable bonds is 5. The second-order valence-electron chi connectivity index (χ2n) is 6.35. The van der Waals surface area contributed by atoms with Crippen LogP contribution in [0.4, 0.5) is 5.95 Å². The summed E-state index contributed by atoms with van der Waals surface area (Å²) in [5.74, 6) is 1.73. The summed E-state index contributed by atoms with van der Waals surface area (Å²) in [4.78, 5) is 19.5. The molecule has 0 saturated carbocycles. The Morgan fingerprint density at radius 3 is 2.85 bits per heavy atom. The Labute approximate surface area is 165 Å².